The van der Waals surface area contributed by atoms with Crippen LogP contribution in [-0.2, 0) is 4.79 Å². The van der Waals surface area contributed by atoms with Gasteiger partial charge in [0.25, 0.3) is 5.91 Å². The van der Waals surface area contributed by atoms with Crippen LogP contribution < -0.4 is 10.1 Å². The summed E-state index contributed by atoms with van der Waals surface area (Å²) in [6.45, 7) is 5.87. The van der Waals surface area contributed by atoms with E-state index in [9.17, 15) is 4.79 Å². The summed E-state index contributed by atoms with van der Waals surface area (Å²) in [7, 11) is 0. The van der Waals surface area contributed by atoms with E-state index in [0.29, 0.717) is 5.02 Å². The number of aryl methyl sites for hydroxylation is 2. The molecule has 2 aromatic rings. The molecule has 0 saturated heterocycles. The average molecular weight is 318 g/mol. The average Bonchev–Trinajstić information content (AvgIpc) is 2.48. The number of carbonyl (C=O) groups excluding carboxylic acids is 1. The minimum Gasteiger partial charge on any atom is -0.483 e. The van der Waals surface area contributed by atoms with Crippen molar-refractivity contribution < 1.29 is 9.53 Å². The number of halogens is 1. The smallest absolute Gasteiger partial charge is 0.258 e. The highest BCUT2D eigenvalue weighted by Gasteiger charge is 2.11. The summed E-state index contributed by atoms with van der Waals surface area (Å²) in [4.78, 5) is 12.0. The Hall–Kier alpha value is -2.00. The van der Waals surface area contributed by atoms with E-state index in [4.69, 9.17) is 16.3 Å². The zero-order valence-corrected chi connectivity index (χ0v) is 13.8. The predicted octanol–water partition coefficient (Wildman–Crippen LogP) is 4.21. The molecule has 0 saturated carbocycles. The molecule has 1 N–H and O–H groups in total. The third-order valence-corrected chi connectivity index (χ3v) is 3.66. The van der Waals surface area contributed by atoms with Crippen LogP contribution in [0.2, 0.25) is 5.02 Å². The van der Waals surface area contributed by atoms with Gasteiger partial charge in [-0.25, -0.2) is 0 Å². The van der Waals surface area contributed by atoms with E-state index in [1.54, 1.807) is 0 Å². The van der Waals surface area contributed by atoms with Gasteiger partial charge in [0, 0.05) is 5.02 Å². The summed E-state index contributed by atoms with van der Waals surface area (Å²) in [5.74, 6) is 0.582. The second-order valence-corrected chi connectivity index (χ2v) is 5.84. The van der Waals surface area contributed by atoms with Crippen molar-refractivity contribution in [3.05, 3.63) is 64.2 Å². The van der Waals surface area contributed by atoms with Gasteiger partial charge in [-0.2, -0.15) is 0 Å². The van der Waals surface area contributed by atoms with E-state index in [0.717, 1.165) is 22.4 Å². The Morgan fingerprint density at radius 2 is 2.00 bits per heavy atom. The summed E-state index contributed by atoms with van der Waals surface area (Å²) in [5.41, 5.74) is 3.09. The molecule has 0 bridgehead atoms. The second-order valence-electron chi connectivity index (χ2n) is 5.40. The molecule has 1 amide bonds. The fourth-order valence-corrected chi connectivity index (χ4v) is 2.35. The van der Waals surface area contributed by atoms with E-state index in [1.165, 1.54) is 0 Å². The van der Waals surface area contributed by atoms with E-state index in [1.807, 2.05) is 63.2 Å². The highest BCUT2D eigenvalue weighted by Crippen LogP contribution is 2.19. The third kappa shape index (κ3) is 4.50. The van der Waals surface area contributed by atoms with Crippen molar-refractivity contribution in [3.63, 3.8) is 0 Å². The first-order valence-corrected chi connectivity index (χ1v) is 7.58. The van der Waals surface area contributed by atoms with Gasteiger partial charge in [-0.3, -0.25) is 4.79 Å². The Morgan fingerprint density at radius 1 is 1.23 bits per heavy atom. The normalized spacial score (nSPS) is 11.8. The molecule has 0 heterocycles. The van der Waals surface area contributed by atoms with Gasteiger partial charge in [0.15, 0.2) is 6.61 Å². The molecule has 2 rings (SSSR count). The molecule has 0 aliphatic rings. The second kappa shape index (κ2) is 7.32. The Bertz CT molecular complexity index is 670. The summed E-state index contributed by atoms with van der Waals surface area (Å²) < 4.78 is 5.60. The lowest BCUT2D eigenvalue weighted by molar-refractivity contribution is -0.123. The van der Waals surface area contributed by atoms with Crippen LogP contribution in [0.4, 0.5) is 0 Å². The monoisotopic (exact) mass is 317 g/mol. The number of amides is 1. The molecule has 22 heavy (non-hydrogen) atoms. The maximum Gasteiger partial charge on any atom is 0.258 e. The molecule has 0 spiro atoms. The Morgan fingerprint density at radius 3 is 2.73 bits per heavy atom. The van der Waals surface area contributed by atoms with Crippen molar-refractivity contribution >= 4 is 17.5 Å². The lowest BCUT2D eigenvalue weighted by atomic mass is 10.1. The van der Waals surface area contributed by atoms with Crippen LogP contribution in [0.15, 0.2) is 42.5 Å². The number of hydrogen-bond acceptors (Lipinski definition) is 2. The molecular formula is C18H20ClNO2. The first-order valence-electron chi connectivity index (χ1n) is 7.20. The van der Waals surface area contributed by atoms with E-state index >= 15 is 0 Å². The van der Waals surface area contributed by atoms with Gasteiger partial charge in [0.1, 0.15) is 5.75 Å². The van der Waals surface area contributed by atoms with E-state index in [-0.39, 0.29) is 18.6 Å². The number of carbonyl (C=O) groups is 1. The lowest BCUT2D eigenvalue weighted by Gasteiger charge is -2.15. The maximum absolute atomic E-state index is 12.0. The molecular weight excluding hydrogens is 298 g/mol. The molecule has 0 unspecified atom stereocenters. The number of hydrogen-bond donors (Lipinski definition) is 1. The zero-order chi connectivity index (χ0) is 16.1. The largest absolute Gasteiger partial charge is 0.483 e. The first-order chi connectivity index (χ1) is 10.5. The molecule has 4 heteroatoms. The molecule has 0 aromatic heterocycles. The molecule has 0 aliphatic heterocycles. The van der Waals surface area contributed by atoms with Crippen LogP contribution >= 0.6 is 11.6 Å². The van der Waals surface area contributed by atoms with Gasteiger partial charge >= 0.3 is 0 Å². The highest BCUT2D eigenvalue weighted by atomic mass is 35.5. The van der Waals surface area contributed by atoms with Crippen LogP contribution in [0.1, 0.15) is 29.7 Å². The van der Waals surface area contributed by atoms with Crippen LogP contribution in [-0.4, -0.2) is 12.5 Å². The van der Waals surface area contributed by atoms with Crippen molar-refractivity contribution in [1.82, 2.24) is 5.32 Å². The van der Waals surface area contributed by atoms with Gasteiger partial charge in [-0.05, 0) is 55.7 Å². The SMILES string of the molecule is Cc1ccc(C)c(OCC(=O)N[C@@H](C)c2cccc(Cl)c2)c1. The van der Waals surface area contributed by atoms with E-state index < -0.39 is 0 Å². The lowest BCUT2D eigenvalue weighted by Crippen LogP contribution is -2.31. The molecule has 0 fully saturated rings. The fraction of sp³-hybridized carbons (Fsp3) is 0.278. The van der Waals surface area contributed by atoms with Gasteiger partial charge in [-0.15, -0.1) is 0 Å². The Labute approximate surface area is 136 Å². The summed E-state index contributed by atoms with van der Waals surface area (Å²) in [6, 6.07) is 13.3. The summed E-state index contributed by atoms with van der Waals surface area (Å²) >= 11 is 5.96. The summed E-state index contributed by atoms with van der Waals surface area (Å²) in [5, 5.41) is 3.56. The number of rotatable bonds is 5. The Kier molecular flexibility index (Phi) is 5.45. The number of ether oxygens (including phenoxy) is 1. The molecule has 3 nitrogen and oxygen atoms in total. The minimum absolute atomic E-state index is 0.00476. The standard InChI is InChI=1S/C18H20ClNO2/c1-12-7-8-13(2)17(9-12)22-11-18(21)20-14(3)15-5-4-6-16(19)10-15/h4-10,14H,11H2,1-3H3,(H,20,21)/t14-/m0/s1. The van der Waals surface area contributed by atoms with Crippen molar-refractivity contribution in [2.45, 2.75) is 26.8 Å². The minimum atomic E-state index is -0.159. The van der Waals surface area contributed by atoms with Crippen LogP contribution in [0.5, 0.6) is 5.75 Å². The summed E-state index contributed by atoms with van der Waals surface area (Å²) in [6.07, 6.45) is 0. The van der Waals surface area contributed by atoms with Crippen molar-refractivity contribution in [3.8, 4) is 5.75 Å². The quantitative estimate of drug-likeness (QED) is 0.897. The van der Waals surface area contributed by atoms with Crippen LogP contribution in [0.25, 0.3) is 0 Å². The number of benzene rings is 2. The van der Waals surface area contributed by atoms with E-state index in [2.05, 4.69) is 5.32 Å². The molecule has 2 aromatic carbocycles. The van der Waals surface area contributed by atoms with Gasteiger partial charge in [0.2, 0.25) is 0 Å². The van der Waals surface area contributed by atoms with Gasteiger partial charge in [0.05, 0.1) is 6.04 Å². The molecule has 1 atom stereocenters. The van der Waals surface area contributed by atoms with Gasteiger partial charge < -0.3 is 10.1 Å². The molecule has 0 radical (unpaired) electrons. The fourth-order valence-electron chi connectivity index (χ4n) is 2.15. The zero-order valence-electron chi connectivity index (χ0n) is 13.0. The van der Waals surface area contributed by atoms with Crippen molar-refractivity contribution in [1.29, 1.82) is 0 Å². The first kappa shape index (κ1) is 16.4. The topological polar surface area (TPSA) is 38.3 Å². The molecule has 116 valence electrons. The van der Waals surface area contributed by atoms with Gasteiger partial charge in [-0.1, -0.05) is 35.9 Å². The van der Waals surface area contributed by atoms with Crippen LogP contribution in [0, 0.1) is 13.8 Å². The van der Waals surface area contributed by atoms with Crippen molar-refractivity contribution in [2.24, 2.45) is 0 Å². The maximum atomic E-state index is 12.0. The molecule has 0 aliphatic carbocycles. The number of nitrogens with one attached hydrogen (secondary N) is 1. The highest BCUT2D eigenvalue weighted by molar-refractivity contribution is 6.30. The van der Waals surface area contributed by atoms with Crippen LogP contribution in [0.3, 0.4) is 0 Å². The van der Waals surface area contributed by atoms with Crippen molar-refractivity contribution in [2.75, 3.05) is 6.61 Å². The predicted molar refractivity (Wildman–Crippen MR) is 89.4 cm³/mol. The Balaban J connectivity index is 1.91. The third-order valence-electron chi connectivity index (χ3n) is 3.43.